The molecule has 0 atom stereocenters. The molecule has 1 amide bonds. The number of carbonyl (C=O) groups excluding carboxylic acids is 1. The van der Waals surface area contributed by atoms with Crippen LogP contribution in [-0.2, 0) is 7.05 Å². The third-order valence-electron chi connectivity index (χ3n) is 4.59. The molecule has 5 nitrogen and oxygen atoms in total. The fraction of sp³-hybridized carbons (Fsp3) is 0.238. The second-order valence-corrected chi connectivity index (χ2v) is 7.47. The molecule has 0 saturated carbocycles. The van der Waals surface area contributed by atoms with Crippen LogP contribution in [0.5, 0.6) is 0 Å². The van der Waals surface area contributed by atoms with Crippen molar-refractivity contribution in [3.8, 4) is 0 Å². The van der Waals surface area contributed by atoms with Crippen molar-refractivity contribution in [2.45, 2.75) is 25.7 Å². The number of imidazole rings is 1. The highest BCUT2D eigenvalue weighted by Crippen LogP contribution is 2.33. The van der Waals surface area contributed by atoms with E-state index in [4.69, 9.17) is 28.9 Å². The highest BCUT2D eigenvalue weighted by Gasteiger charge is 2.16. The van der Waals surface area contributed by atoms with E-state index in [-0.39, 0.29) is 5.56 Å². The predicted octanol–water partition coefficient (Wildman–Crippen LogP) is 5.98. The van der Waals surface area contributed by atoms with Crippen LogP contribution in [0.1, 0.15) is 36.0 Å². The van der Waals surface area contributed by atoms with E-state index in [9.17, 15) is 9.18 Å². The maximum absolute atomic E-state index is 13.9. The zero-order valence-corrected chi connectivity index (χ0v) is 17.4. The second kappa shape index (κ2) is 9.29. The lowest BCUT2D eigenvalue weighted by Crippen LogP contribution is -2.13. The molecule has 0 radical (unpaired) electrons. The van der Waals surface area contributed by atoms with Gasteiger partial charge in [0.25, 0.3) is 5.91 Å². The molecule has 1 heterocycles. The molecular formula is C21H21Cl2FN4O. The summed E-state index contributed by atoms with van der Waals surface area (Å²) in [5, 5.41) is 3.86. The Kier molecular flexibility index (Phi) is 6.77. The number of allylic oxidation sites excluding steroid dienone is 2. The molecular weight excluding hydrogens is 414 g/mol. The maximum atomic E-state index is 13.9. The van der Waals surface area contributed by atoms with E-state index in [0.29, 0.717) is 32.7 Å². The van der Waals surface area contributed by atoms with E-state index < -0.39 is 11.7 Å². The largest absolute Gasteiger partial charge is 0.366 e. The number of nitrogens with zero attached hydrogens (tertiary/aromatic N) is 2. The van der Waals surface area contributed by atoms with Gasteiger partial charge < -0.3 is 15.6 Å². The number of primary amides is 1. The van der Waals surface area contributed by atoms with Crippen molar-refractivity contribution in [3.63, 3.8) is 0 Å². The number of halogens is 3. The van der Waals surface area contributed by atoms with Crippen molar-refractivity contribution >= 4 is 51.8 Å². The molecule has 0 spiro atoms. The number of amides is 1. The average molecular weight is 435 g/mol. The number of aryl methyl sites for hydroxylation is 1. The van der Waals surface area contributed by atoms with Crippen LogP contribution in [0.25, 0.3) is 11.0 Å². The van der Waals surface area contributed by atoms with E-state index in [2.05, 4.69) is 22.5 Å². The SMILES string of the molecule is C1=CCCCC1.Cn1c(Nc2c(Cl)cccc2Cl)nc2cc(C(N)=O)c(F)cc21. The molecule has 4 rings (SSSR count). The predicted molar refractivity (Wildman–Crippen MR) is 117 cm³/mol. The Bertz CT molecular complexity index is 1050. The molecule has 0 saturated heterocycles. The van der Waals surface area contributed by atoms with Crippen LogP contribution in [0.3, 0.4) is 0 Å². The van der Waals surface area contributed by atoms with Gasteiger partial charge in [0.2, 0.25) is 5.95 Å². The lowest BCUT2D eigenvalue weighted by molar-refractivity contribution is 0.0996. The maximum Gasteiger partial charge on any atom is 0.251 e. The molecule has 0 unspecified atom stereocenters. The number of anilines is 2. The standard InChI is InChI=1S/C15H11Cl2FN4O.C6H10/c1-22-12-6-10(18)7(14(19)23)5-11(12)20-15(22)21-13-8(16)3-2-4-9(13)17;1-2-4-6-5-3-1/h2-6H,1H3,(H2,19,23)(H,20,21);1-2H,3-6H2. The molecule has 29 heavy (non-hydrogen) atoms. The van der Waals surface area contributed by atoms with Crippen molar-refractivity contribution in [1.82, 2.24) is 9.55 Å². The Morgan fingerprint density at radius 3 is 2.31 bits per heavy atom. The number of hydrogen-bond acceptors (Lipinski definition) is 3. The zero-order chi connectivity index (χ0) is 21.0. The fourth-order valence-corrected chi connectivity index (χ4v) is 3.49. The topological polar surface area (TPSA) is 72.9 Å². The molecule has 3 N–H and O–H groups in total. The molecule has 0 aliphatic heterocycles. The average Bonchev–Trinajstić information content (AvgIpc) is 3.01. The van der Waals surface area contributed by atoms with Crippen LogP contribution in [0.4, 0.5) is 16.0 Å². The number of carbonyl (C=O) groups is 1. The Labute approximate surface area is 178 Å². The van der Waals surface area contributed by atoms with Crippen LogP contribution in [0.15, 0.2) is 42.5 Å². The number of hydrogen-bond donors (Lipinski definition) is 2. The van der Waals surface area contributed by atoms with Crippen molar-refractivity contribution in [2.24, 2.45) is 12.8 Å². The van der Waals surface area contributed by atoms with Gasteiger partial charge in [0.1, 0.15) is 5.82 Å². The van der Waals surface area contributed by atoms with Gasteiger partial charge in [-0.25, -0.2) is 9.37 Å². The van der Waals surface area contributed by atoms with Crippen LogP contribution in [0, 0.1) is 5.82 Å². The van der Waals surface area contributed by atoms with E-state index in [1.165, 1.54) is 37.8 Å². The number of nitrogens with two attached hydrogens (primary N) is 1. The molecule has 0 fully saturated rings. The van der Waals surface area contributed by atoms with E-state index in [1.807, 2.05) is 0 Å². The summed E-state index contributed by atoms with van der Waals surface area (Å²) in [6.07, 6.45) is 10.0. The normalized spacial score (nSPS) is 13.1. The minimum atomic E-state index is -0.848. The van der Waals surface area contributed by atoms with E-state index >= 15 is 0 Å². The number of fused-ring (bicyclic) bond motifs is 1. The summed E-state index contributed by atoms with van der Waals surface area (Å²) >= 11 is 12.2. The van der Waals surface area contributed by atoms with Crippen molar-refractivity contribution < 1.29 is 9.18 Å². The number of rotatable bonds is 3. The molecule has 0 bridgehead atoms. The zero-order valence-electron chi connectivity index (χ0n) is 15.9. The van der Waals surface area contributed by atoms with Gasteiger partial charge in [0.05, 0.1) is 32.3 Å². The first-order valence-corrected chi connectivity index (χ1v) is 9.96. The Balaban J connectivity index is 0.000000343. The molecule has 2 aromatic carbocycles. The summed E-state index contributed by atoms with van der Waals surface area (Å²) in [7, 11) is 1.70. The molecule has 1 aliphatic carbocycles. The van der Waals surface area contributed by atoms with E-state index in [1.54, 1.807) is 29.8 Å². The van der Waals surface area contributed by atoms with Gasteiger partial charge in [-0.2, -0.15) is 0 Å². The van der Waals surface area contributed by atoms with Gasteiger partial charge in [-0.3, -0.25) is 4.79 Å². The minimum Gasteiger partial charge on any atom is -0.366 e. The lowest BCUT2D eigenvalue weighted by atomic mass is 10.1. The van der Waals surface area contributed by atoms with Gasteiger partial charge in [0.15, 0.2) is 0 Å². The summed E-state index contributed by atoms with van der Waals surface area (Å²) in [4.78, 5) is 15.6. The third kappa shape index (κ3) is 4.89. The number of aromatic nitrogens is 2. The van der Waals surface area contributed by atoms with Gasteiger partial charge >= 0.3 is 0 Å². The number of para-hydroxylation sites is 1. The smallest absolute Gasteiger partial charge is 0.251 e. The summed E-state index contributed by atoms with van der Waals surface area (Å²) < 4.78 is 15.5. The van der Waals surface area contributed by atoms with Crippen molar-refractivity contribution in [3.05, 3.63) is 63.9 Å². The Morgan fingerprint density at radius 1 is 1.17 bits per heavy atom. The fourth-order valence-electron chi connectivity index (χ4n) is 3.00. The molecule has 3 aromatic rings. The van der Waals surface area contributed by atoms with Gasteiger partial charge in [0, 0.05) is 13.1 Å². The monoisotopic (exact) mass is 434 g/mol. The lowest BCUT2D eigenvalue weighted by Gasteiger charge is -2.09. The number of nitrogens with one attached hydrogen (secondary N) is 1. The highest BCUT2D eigenvalue weighted by molar-refractivity contribution is 6.39. The quantitative estimate of drug-likeness (QED) is 0.498. The summed E-state index contributed by atoms with van der Waals surface area (Å²) in [5.41, 5.74) is 6.35. The molecule has 1 aliphatic rings. The van der Waals surface area contributed by atoms with Crippen LogP contribution < -0.4 is 11.1 Å². The summed E-state index contributed by atoms with van der Waals surface area (Å²) in [6, 6.07) is 7.61. The molecule has 1 aromatic heterocycles. The van der Waals surface area contributed by atoms with Gasteiger partial charge in [-0.1, -0.05) is 41.4 Å². The van der Waals surface area contributed by atoms with Crippen molar-refractivity contribution in [2.75, 3.05) is 5.32 Å². The third-order valence-corrected chi connectivity index (χ3v) is 5.22. The molecule has 152 valence electrons. The highest BCUT2D eigenvalue weighted by atomic mass is 35.5. The summed E-state index contributed by atoms with van der Waals surface area (Å²) in [6.45, 7) is 0. The van der Waals surface area contributed by atoms with E-state index in [0.717, 1.165) is 0 Å². The Morgan fingerprint density at radius 2 is 1.79 bits per heavy atom. The first-order chi connectivity index (χ1) is 13.9. The Hall–Kier alpha value is -2.57. The second-order valence-electron chi connectivity index (χ2n) is 6.66. The van der Waals surface area contributed by atoms with Crippen LogP contribution in [-0.4, -0.2) is 15.5 Å². The van der Waals surface area contributed by atoms with Gasteiger partial charge in [-0.05, 0) is 43.9 Å². The van der Waals surface area contributed by atoms with Gasteiger partial charge in [-0.15, -0.1) is 0 Å². The van der Waals surface area contributed by atoms with Crippen molar-refractivity contribution in [1.29, 1.82) is 0 Å². The molecule has 8 heteroatoms. The first kappa shape index (κ1) is 21.1. The number of benzene rings is 2. The van der Waals surface area contributed by atoms with Crippen LogP contribution >= 0.6 is 23.2 Å². The minimum absolute atomic E-state index is 0.210. The van der Waals surface area contributed by atoms with Crippen LogP contribution in [0.2, 0.25) is 10.0 Å². The summed E-state index contributed by atoms with van der Waals surface area (Å²) in [5.74, 6) is -1.15. The first-order valence-electron chi connectivity index (χ1n) is 9.20.